The van der Waals surface area contributed by atoms with Crippen molar-refractivity contribution in [1.82, 2.24) is 4.98 Å². The van der Waals surface area contributed by atoms with Gasteiger partial charge in [-0.3, -0.25) is 0 Å². The topological polar surface area (TPSA) is 63.7 Å². The molecular formula is C24H26F2N4OS. The molecule has 1 aliphatic heterocycles. The molecule has 0 unspecified atom stereocenters. The van der Waals surface area contributed by atoms with Gasteiger partial charge in [-0.2, -0.15) is 0 Å². The Morgan fingerprint density at radius 2 is 1.78 bits per heavy atom. The third kappa shape index (κ3) is 4.41. The molecule has 168 valence electrons. The molecule has 1 aliphatic carbocycles. The van der Waals surface area contributed by atoms with Gasteiger partial charge in [0.25, 0.3) is 0 Å². The summed E-state index contributed by atoms with van der Waals surface area (Å²) in [5.74, 6) is -0.993. The zero-order chi connectivity index (χ0) is 22.1. The minimum absolute atomic E-state index is 0.0129. The molecule has 8 heteroatoms. The second-order valence-corrected chi connectivity index (χ2v) is 9.59. The number of hydrogen-bond acceptors (Lipinski definition) is 6. The summed E-state index contributed by atoms with van der Waals surface area (Å²) in [7, 11) is 0. The van der Waals surface area contributed by atoms with Gasteiger partial charge < -0.3 is 15.5 Å². The van der Waals surface area contributed by atoms with Gasteiger partial charge in [-0.05, 0) is 55.4 Å². The summed E-state index contributed by atoms with van der Waals surface area (Å²) in [6.07, 6.45) is 4.86. The molecule has 0 radical (unpaired) electrons. The number of thiazole rings is 1. The Labute approximate surface area is 189 Å². The monoisotopic (exact) mass is 456 g/mol. The SMILES string of the molecule is Nc1cc(F)c(C2CCC(=NOC3CCN(c4nc5ccccc5s4)CC3)CC2)cc1F. The van der Waals surface area contributed by atoms with Crippen LogP contribution in [-0.2, 0) is 4.84 Å². The third-order valence-corrected chi connectivity index (χ3v) is 7.54. The van der Waals surface area contributed by atoms with Crippen molar-refractivity contribution < 1.29 is 13.6 Å². The van der Waals surface area contributed by atoms with Gasteiger partial charge in [-0.25, -0.2) is 13.8 Å². The lowest BCUT2D eigenvalue weighted by molar-refractivity contribution is 0.0408. The van der Waals surface area contributed by atoms with Gasteiger partial charge in [0.1, 0.15) is 17.7 Å². The second kappa shape index (κ2) is 9.02. The van der Waals surface area contributed by atoms with Crippen LogP contribution in [0.25, 0.3) is 10.2 Å². The fraction of sp³-hybridized carbons (Fsp3) is 0.417. The highest BCUT2D eigenvalue weighted by atomic mass is 32.1. The molecule has 2 fully saturated rings. The maximum atomic E-state index is 14.2. The van der Waals surface area contributed by atoms with Crippen LogP contribution in [0, 0.1) is 11.6 Å². The summed E-state index contributed by atoms with van der Waals surface area (Å²) in [5, 5.41) is 5.49. The number of halogens is 2. The Bertz CT molecular complexity index is 1100. The average Bonchev–Trinajstić information content (AvgIpc) is 3.25. The average molecular weight is 457 g/mol. The van der Waals surface area contributed by atoms with Crippen LogP contribution < -0.4 is 10.6 Å². The van der Waals surface area contributed by atoms with Gasteiger partial charge in [0.05, 0.1) is 21.6 Å². The predicted molar refractivity (Wildman–Crippen MR) is 125 cm³/mol. The lowest BCUT2D eigenvalue weighted by Crippen LogP contribution is -2.36. The molecule has 0 atom stereocenters. The smallest absolute Gasteiger partial charge is 0.186 e. The van der Waals surface area contributed by atoms with Crippen LogP contribution in [-0.4, -0.2) is 29.9 Å². The Morgan fingerprint density at radius 3 is 2.53 bits per heavy atom. The van der Waals surface area contributed by atoms with E-state index in [0.717, 1.165) is 74.0 Å². The minimum atomic E-state index is -0.554. The Kier molecular flexibility index (Phi) is 5.95. The molecule has 1 saturated carbocycles. The van der Waals surface area contributed by atoms with Gasteiger partial charge in [-0.15, -0.1) is 0 Å². The van der Waals surface area contributed by atoms with Crippen molar-refractivity contribution in [3.05, 3.63) is 53.6 Å². The first-order valence-corrected chi connectivity index (χ1v) is 11.9. The second-order valence-electron chi connectivity index (χ2n) is 8.58. The number of rotatable bonds is 4. The van der Waals surface area contributed by atoms with Crippen LogP contribution >= 0.6 is 11.3 Å². The van der Waals surface area contributed by atoms with Crippen molar-refractivity contribution >= 4 is 38.1 Å². The van der Waals surface area contributed by atoms with Crippen LogP contribution in [0.3, 0.4) is 0 Å². The number of fused-ring (bicyclic) bond motifs is 1. The number of para-hydroxylation sites is 1. The molecule has 0 amide bonds. The number of nitrogens with zero attached hydrogens (tertiary/aromatic N) is 3. The zero-order valence-corrected chi connectivity index (χ0v) is 18.6. The molecule has 5 nitrogen and oxygen atoms in total. The largest absolute Gasteiger partial charge is 0.396 e. The molecule has 3 aromatic rings. The molecule has 2 aromatic carbocycles. The fourth-order valence-electron chi connectivity index (χ4n) is 4.54. The minimum Gasteiger partial charge on any atom is -0.396 e. The van der Waals surface area contributed by atoms with Gasteiger partial charge in [0.15, 0.2) is 5.13 Å². The first kappa shape index (κ1) is 21.1. The van der Waals surface area contributed by atoms with Crippen LogP contribution in [0.5, 0.6) is 0 Å². The number of nitrogens with two attached hydrogens (primary N) is 1. The van der Waals surface area contributed by atoms with Gasteiger partial charge in [-0.1, -0.05) is 28.6 Å². The number of anilines is 2. The van der Waals surface area contributed by atoms with E-state index < -0.39 is 11.6 Å². The highest BCUT2D eigenvalue weighted by molar-refractivity contribution is 7.22. The number of benzene rings is 2. The molecule has 32 heavy (non-hydrogen) atoms. The van der Waals surface area contributed by atoms with E-state index in [9.17, 15) is 8.78 Å². The summed E-state index contributed by atoms with van der Waals surface area (Å²) in [4.78, 5) is 12.9. The van der Waals surface area contributed by atoms with E-state index in [1.165, 1.54) is 10.8 Å². The van der Waals surface area contributed by atoms with Crippen LogP contribution in [0.1, 0.15) is 50.0 Å². The van der Waals surface area contributed by atoms with E-state index >= 15 is 0 Å². The maximum Gasteiger partial charge on any atom is 0.186 e. The van der Waals surface area contributed by atoms with E-state index in [2.05, 4.69) is 16.1 Å². The molecule has 1 saturated heterocycles. The standard InChI is InChI=1S/C24H26F2N4OS/c25-19-14-21(27)20(26)13-18(19)15-5-7-16(8-6-15)29-31-17-9-11-30(12-10-17)24-28-22-3-1-2-4-23(22)32-24/h1-4,13-15,17H,5-12,27H2. The normalized spacial score (nSPS) is 20.0. The van der Waals surface area contributed by atoms with E-state index in [1.807, 2.05) is 18.2 Å². The number of oxime groups is 1. The zero-order valence-electron chi connectivity index (χ0n) is 17.8. The molecule has 2 aliphatic rings. The van der Waals surface area contributed by atoms with E-state index in [0.29, 0.717) is 5.56 Å². The number of hydrogen-bond donors (Lipinski definition) is 1. The van der Waals surface area contributed by atoms with Crippen LogP contribution in [0.4, 0.5) is 19.6 Å². The van der Waals surface area contributed by atoms with E-state index in [-0.39, 0.29) is 17.7 Å². The lowest BCUT2D eigenvalue weighted by atomic mass is 9.83. The number of piperidine rings is 1. The molecule has 2 heterocycles. The van der Waals surface area contributed by atoms with Crippen molar-refractivity contribution in [2.45, 2.75) is 50.5 Å². The van der Waals surface area contributed by atoms with Crippen molar-refractivity contribution in [2.24, 2.45) is 5.16 Å². The van der Waals surface area contributed by atoms with Gasteiger partial charge in [0, 0.05) is 32.0 Å². The highest BCUT2D eigenvalue weighted by Gasteiger charge is 2.25. The summed E-state index contributed by atoms with van der Waals surface area (Å²) in [6.45, 7) is 1.80. The van der Waals surface area contributed by atoms with E-state index in [1.54, 1.807) is 11.3 Å². The first-order valence-electron chi connectivity index (χ1n) is 11.1. The Morgan fingerprint density at radius 1 is 1.03 bits per heavy atom. The van der Waals surface area contributed by atoms with Gasteiger partial charge in [0.2, 0.25) is 0 Å². The predicted octanol–water partition coefficient (Wildman–Crippen LogP) is 5.86. The first-order chi connectivity index (χ1) is 15.6. The summed E-state index contributed by atoms with van der Waals surface area (Å²) >= 11 is 1.73. The lowest BCUT2D eigenvalue weighted by Gasteiger charge is -2.30. The third-order valence-electron chi connectivity index (χ3n) is 6.44. The molecular weight excluding hydrogens is 430 g/mol. The number of aromatic nitrogens is 1. The van der Waals surface area contributed by atoms with Crippen molar-refractivity contribution in [1.29, 1.82) is 0 Å². The Balaban J connectivity index is 1.12. The molecule has 0 bridgehead atoms. The van der Waals surface area contributed by atoms with E-state index in [4.69, 9.17) is 15.6 Å². The molecule has 0 spiro atoms. The summed E-state index contributed by atoms with van der Waals surface area (Å²) in [5.41, 5.74) is 7.78. The fourth-order valence-corrected chi connectivity index (χ4v) is 5.56. The Hall–Kier alpha value is -2.74. The van der Waals surface area contributed by atoms with Crippen molar-refractivity contribution in [3.8, 4) is 0 Å². The summed E-state index contributed by atoms with van der Waals surface area (Å²) in [6, 6.07) is 10.5. The number of nitrogen functional groups attached to an aromatic ring is 1. The van der Waals surface area contributed by atoms with Crippen LogP contribution in [0.2, 0.25) is 0 Å². The van der Waals surface area contributed by atoms with Crippen LogP contribution in [0.15, 0.2) is 41.6 Å². The molecule has 5 rings (SSSR count). The van der Waals surface area contributed by atoms with Crippen molar-refractivity contribution in [3.63, 3.8) is 0 Å². The van der Waals surface area contributed by atoms with Crippen molar-refractivity contribution in [2.75, 3.05) is 23.7 Å². The van der Waals surface area contributed by atoms with Gasteiger partial charge >= 0.3 is 0 Å². The molecule has 2 N–H and O–H groups in total. The maximum absolute atomic E-state index is 14.2. The quantitative estimate of drug-likeness (QED) is 0.395. The summed E-state index contributed by atoms with van der Waals surface area (Å²) < 4.78 is 29.2. The molecule has 1 aromatic heterocycles. The highest BCUT2D eigenvalue weighted by Crippen LogP contribution is 2.35.